The molecule has 26 heavy (non-hydrogen) atoms. The minimum absolute atomic E-state index is 0.0805. The van der Waals surface area contributed by atoms with E-state index in [4.69, 9.17) is 0 Å². The molecule has 0 aliphatic carbocycles. The summed E-state index contributed by atoms with van der Waals surface area (Å²) in [6.07, 6.45) is 5.32. The molecule has 0 unspecified atom stereocenters. The molecular weight excluding hydrogens is 346 g/mol. The van der Waals surface area contributed by atoms with Crippen LogP contribution in [0.15, 0.2) is 58.8 Å². The first-order valence-electron chi connectivity index (χ1n) is 8.82. The second-order valence-electron chi connectivity index (χ2n) is 6.31. The second-order valence-corrected chi connectivity index (χ2v) is 7.15. The van der Waals surface area contributed by atoms with Gasteiger partial charge in [-0.05, 0) is 17.4 Å². The van der Waals surface area contributed by atoms with Gasteiger partial charge in [0.1, 0.15) is 0 Å². The fourth-order valence-corrected chi connectivity index (χ4v) is 4.06. The van der Waals surface area contributed by atoms with Crippen molar-refractivity contribution in [1.82, 2.24) is 20.0 Å². The quantitative estimate of drug-likeness (QED) is 0.853. The zero-order valence-electron chi connectivity index (χ0n) is 14.5. The highest BCUT2D eigenvalue weighted by Gasteiger charge is 2.24. The molecule has 7 heteroatoms. The SMILES string of the molecule is O=C(NCCC1=CSC2=NCCCN12)c1cnn(Cc2ccccc2)c1. The molecule has 6 nitrogen and oxygen atoms in total. The Bertz CT molecular complexity index is 843. The Balaban J connectivity index is 1.28. The molecule has 0 bridgehead atoms. The molecule has 0 radical (unpaired) electrons. The monoisotopic (exact) mass is 367 g/mol. The van der Waals surface area contributed by atoms with Gasteiger partial charge in [0.15, 0.2) is 5.17 Å². The van der Waals surface area contributed by atoms with Gasteiger partial charge in [-0.2, -0.15) is 5.10 Å². The minimum Gasteiger partial charge on any atom is -0.352 e. The minimum atomic E-state index is -0.0805. The molecule has 4 rings (SSSR count). The number of amides is 1. The lowest BCUT2D eigenvalue weighted by atomic mass is 10.2. The normalized spacial score (nSPS) is 16.1. The van der Waals surface area contributed by atoms with E-state index >= 15 is 0 Å². The molecule has 2 aliphatic rings. The van der Waals surface area contributed by atoms with Crippen molar-refractivity contribution in [3.63, 3.8) is 0 Å². The van der Waals surface area contributed by atoms with Crippen LogP contribution in [0.1, 0.15) is 28.8 Å². The summed E-state index contributed by atoms with van der Waals surface area (Å²) in [5.74, 6) is -0.0805. The number of nitrogens with zero attached hydrogens (tertiary/aromatic N) is 4. The molecule has 1 aromatic heterocycles. The maximum atomic E-state index is 12.3. The molecule has 1 amide bonds. The molecular formula is C19H21N5OS. The van der Waals surface area contributed by atoms with Gasteiger partial charge in [-0.15, -0.1) is 0 Å². The van der Waals surface area contributed by atoms with Gasteiger partial charge in [0.25, 0.3) is 5.91 Å². The van der Waals surface area contributed by atoms with E-state index in [-0.39, 0.29) is 5.91 Å². The first-order chi connectivity index (χ1) is 12.8. The van der Waals surface area contributed by atoms with E-state index < -0.39 is 0 Å². The van der Waals surface area contributed by atoms with Crippen molar-refractivity contribution in [2.75, 3.05) is 19.6 Å². The zero-order chi connectivity index (χ0) is 17.8. The largest absolute Gasteiger partial charge is 0.352 e. The number of hydrogen-bond donors (Lipinski definition) is 1. The Labute approximate surface area is 157 Å². The molecule has 3 heterocycles. The summed E-state index contributed by atoms with van der Waals surface area (Å²) < 4.78 is 1.79. The van der Waals surface area contributed by atoms with Crippen LogP contribution in [0.25, 0.3) is 0 Å². The van der Waals surface area contributed by atoms with Crippen LogP contribution < -0.4 is 5.32 Å². The fraction of sp³-hybridized carbons (Fsp3) is 0.316. The summed E-state index contributed by atoms with van der Waals surface area (Å²) in [6, 6.07) is 10.1. The van der Waals surface area contributed by atoms with Gasteiger partial charge in [-0.3, -0.25) is 14.5 Å². The highest BCUT2D eigenvalue weighted by molar-refractivity contribution is 8.16. The number of fused-ring (bicyclic) bond motifs is 1. The number of rotatable bonds is 6. The Morgan fingerprint density at radius 2 is 2.15 bits per heavy atom. The molecule has 1 aromatic carbocycles. The lowest BCUT2D eigenvalue weighted by Crippen LogP contribution is -2.32. The number of amidine groups is 1. The summed E-state index contributed by atoms with van der Waals surface area (Å²) >= 11 is 1.68. The van der Waals surface area contributed by atoms with E-state index in [2.05, 4.69) is 25.7 Å². The van der Waals surface area contributed by atoms with E-state index in [1.807, 2.05) is 30.3 Å². The molecule has 0 saturated carbocycles. The number of thioether (sulfide) groups is 1. The van der Waals surface area contributed by atoms with E-state index in [1.165, 1.54) is 5.70 Å². The third-order valence-electron chi connectivity index (χ3n) is 4.41. The third-order valence-corrected chi connectivity index (χ3v) is 5.36. The predicted molar refractivity (Wildman–Crippen MR) is 104 cm³/mol. The first-order valence-corrected chi connectivity index (χ1v) is 9.70. The van der Waals surface area contributed by atoms with Gasteiger partial charge in [0.05, 0.1) is 18.3 Å². The van der Waals surface area contributed by atoms with Crippen LogP contribution in [-0.4, -0.2) is 45.4 Å². The van der Waals surface area contributed by atoms with Crippen LogP contribution in [-0.2, 0) is 6.54 Å². The van der Waals surface area contributed by atoms with Crippen LogP contribution >= 0.6 is 11.8 Å². The van der Waals surface area contributed by atoms with E-state index in [0.29, 0.717) is 18.7 Å². The molecule has 134 valence electrons. The van der Waals surface area contributed by atoms with Crippen LogP contribution in [0.5, 0.6) is 0 Å². The standard InChI is InChI=1S/C19H21N5OS/c25-18(16-11-22-23(13-16)12-15-5-2-1-3-6-15)20-9-7-17-14-26-19-21-8-4-10-24(17)19/h1-3,5-6,11,13-14H,4,7-10,12H2,(H,20,25). The van der Waals surface area contributed by atoms with Crippen molar-refractivity contribution in [2.45, 2.75) is 19.4 Å². The number of carbonyl (C=O) groups is 1. The van der Waals surface area contributed by atoms with E-state index in [9.17, 15) is 4.79 Å². The van der Waals surface area contributed by atoms with Crippen molar-refractivity contribution in [3.05, 3.63) is 65.0 Å². The van der Waals surface area contributed by atoms with Gasteiger partial charge in [0, 0.05) is 37.9 Å². The van der Waals surface area contributed by atoms with Crippen molar-refractivity contribution < 1.29 is 4.79 Å². The number of carbonyl (C=O) groups excluding carboxylic acids is 1. The van der Waals surface area contributed by atoms with Gasteiger partial charge >= 0.3 is 0 Å². The summed E-state index contributed by atoms with van der Waals surface area (Å²) in [5, 5.41) is 10.5. The average Bonchev–Trinajstić information content (AvgIpc) is 3.30. The Hall–Kier alpha value is -2.54. The Morgan fingerprint density at radius 3 is 3.04 bits per heavy atom. The third kappa shape index (κ3) is 3.83. The maximum Gasteiger partial charge on any atom is 0.254 e. The molecule has 0 atom stereocenters. The zero-order valence-corrected chi connectivity index (χ0v) is 15.3. The molecule has 2 aliphatic heterocycles. The van der Waals surface area contributed by atoms with Crippen LogP contribution in [0.3, 0.4) is 0 Å². The smallest absolute Gasteiger partial charge is 0.254 e. The number of benzene rings is 1. The average molecular weight is 367 g/mol. The lowest BCUT2D eigenvalue weighted by Gasteiger charge is -2.25. The summed E-state index contributed by atoms with van der Waals surface area (Å²) in [5.41, 5.74) is 3.00. The number of aromatic nitrogens is 2. The van der Waals surface area contributed by atoms with Gasteiger partial charge in [0.2, 0.25) is 0 Å². The van der Waals surface area contributed by atoms with Gasteiger partial charge in [-0.1, -0.05) is 42.1 Å². The second kappa shape index (κ2) is 7.78. The van der Waals surface area contributed by atoms with E-state index in [1.54, 1.807) is 28.8 Å². The van der Waals surface area contributed by atoms with Crippen molar-refractivity contribution >= 4 is 22.8 Å². The first kappa shape index (κ1) is 16.9. The number of aliphatic imine (C=N–C) groups is 1. The molecule has 2 aromatic rings. The van der Waals surface area contributed by atoms with Crippen LogP contribution in [0.4, 0.5) is 0 Å². The molecule has 0 fully saturated rings. The van der Waals surface area contributed by atoms with Crippen molar-refractivity contribution in [3.8, 4) is 0 Å². The maximum absolute atomic E-state index is 12.3. The number of hydrogen-bond acceptors (Lipinski definition) is 5. The molecule has 1 N–H and O–H groups in total. The molecule has 0 spiro atoms. The summed E-state index contributed by atoms with van der Waals surface area (Å²) in [7, 11) is 0. The van der Waals surface area contributed by atoms with E-state index in [0.717, 1.165) is 36.7 Å². The molecule has 0 saturated heterocycles. The summed E-state index contributed by atoms with van der Waals surface area (Å²) in [6.45, 7) is 3.22. The number of nitrogens with one attached hydrogen (secondary N) is 1. The van der Waals surface area contributed by atoms with Crippen LogP contribution in [0.2, 0.25) is 0 Å². The predicted octanol–water partition coefficient (Wildman–Crippen LogP) is 2.70. The highest BCUT2D eigenvalue weighted by Crippen LogP contribution is 2.30. The Kier molecular flexibility index (Phi) is 5.06. The van der Waals surface area contributed by atoms with Crippen LogP contribution in [0, 0.1) is 0 Å². The summed E-state index contributed by atoms with van der Waals surface area (Å²) in [4.78, 5) is 19.1. The van der Waals surface area contributed by atoms with Crippen molar-refractivity contribution in [2.24, 2.45) is 4.99 Å². The lowest BCUT2D eigenvalue weighted by molar-refractivity contribution is 0.0953. The van der Waals surface area contributed by atoms with Crippen molar-refractivity contribution in [1.29, 1.82) is 0 Å². The van der Waals surface area contributed by atoms with Gasteiger partial charge < -0.3 is 10.2 Å². The topological polar surface area (TPSA) is 62.5 Å². The van der Waals surface area contributed by atoms with Gasteiger partial charge in [-0.25, -0.2) is 0 Å². The highest BCUT2D eigenvalue weighted by atomic mass is 32.2. The Morgan fingerprint density at radius 1 is 1.27 bits per heavy atom. The fourth-order valence-electron chi connectivity index (χ4n) is 3.07.